The molecular weight excluding hydrogens is 1760 g/mol. The normalized spacial score (nSPS) is 11.1. The number of aromatic hydroxyl groups is 3. The van der Waals surface area contributed by atoms with E-state index in [1.807, 2.05) is 267 Å². The first kappa shape index (κ1) is 91.7. The standard InChI is InChI=1S/C86H66N6O8.C35H27N3O3/c1-86(2,69-39-43-71(44-40-69)96-51-52-97-73-47-49-75(77(93)55-73)83-89-79(65-31-23-61(24-32-65)57-15-7-3-8-16-57)87-80(90-83)66-33-25-62(26-34-66)58-17-9-4-10-18-58)70-41-45-72(46-42-70)100-85(95)99-54-53-98-74-48-50-76(78(94)56-74)84-91-81(67-35-27-63(28-36-67)59-19-11-5-12-20-59)88-82(92-84)68-37-29-64(30-38-68)60-21-13-6-14-22-60;39-21-22-41-30-19-20-31(32(40)23-30)35-37-33(28-15-11-26(12-16-28)24-7-3-1-4-8-24)36-34(38-35)29-17-13-27(14-18-29)25-9-5-2-6-10-25/h3-50,55-56,93-94H,51-54H2,1-2H3;1-20,23,39-40H,21-22H2. The molecule has 141 heavy (non-hydrogen) atoms. The Kier molecular flexibility index (Phi) is 28.0. The number of hydrogen-bond donors (Lipinski definition) is 4. The maximum Gasteiger partial charge on any atom is 0.513 e. The molecule has 0 saturated heterocycles. The number of aliphatic hydroxyl groups is 1. The van der Waals surface area contributed by atoms with Gasteiger partial charge in [-0.15, -0.1) is 0 Å². The van der Waals surface area contributed by atoms with Crippen LogP contribution in [0.15, 0.2) is 431 Å². The summed E-state index contributed by atoms with van der Waals surface area (Å²) in [5.74, 6) is 5.83. The van der Waals surface area contributed by atoms with Gasteiger partial charge in [0.25, 0.3) is 0 Å². The number of aromatic nitrogens is 9. The largest absolute Gasteiger partial charge is 0.513 e. The fourth-order valence-corrected chi connectivity index (χ4v) is 16.3. The molecular formula is C121H93N9O11. The number of carbonyl (C=O) groups is 1. The fourth-order valence-electron chi connectivity index (χ4n) is 16.3. The summed E-state index contributed by atoms with van der Waals surface area (Å²) < 4.78 is 34.4. The van der Waals surface area contributed by atoms with Crippen LogP contribution >= 0.6 is 0 Å². The van der Waals surface area contributed by atoms with Gasteiger partial charge < -0.3 is 48.8 Å². The van der Waals surface area contributed by atoms with Crippen LogP contribution in [0, 0.1) is 0 Å². The first-order chi connectivity index (χ1) is 69.2. The predicted octanol–water partition coefficient (Wildman–Crippen LogP) is 26.8. The molecule has 0 aliphatic carbocycles. The van der Waals surface area contributed by atoms with Gasteiger partial charge in [-0.2, -0.15) is 0 Å². The van der Waals surface area contributed by atoms with E-state index in [4.69, 9.17) is 78.4 Å². The molecule has 3 aromatic heterocycles. The second kappa shape index (κ2) is 43.1. The van der Waals surface area contributed by atoms with Crippen LogP contribution < -0.4 is 23.7 Å². The zero-order valence-electron chi connectivity index (χ0n) is 76.9. The molecule has 0 amide bonds. The number of carbonyl (C=O) groups excluding carboxylic acids is 1. The Morgan fingerprint density at radius 2 is 0.418 bits per heavy atom. The Hall–Kier alpha value is -18.4. The topological polar surface area (TPSA) is 269 Å². The molecule has 0 atom stereocenters. The molecule has 0 aliphatic heterocycles. The number of ether oxygens (including phenoxy) is 6. The molecule has 20 rings (SSSR count). The van der Waals surface area contributed by atoms with E-state index in [1.54, 1.807) is 54.6 Å². The highest BCUT2D eigenvalue weighted by Gasteiger charge is 2.26. The molecule has 0 aliphatic rings. The summed E-state index contributed by atoms with van der Waals surface area (Å²) in [6, 6.07) is 139. The molecule has 0 fully saturated rings. The van der Waals surface area contributed by atoms with Gasteiger partial charge in [-0.1, -0.05) is 366 Å². The molecule has 0 radical (unpaired) electrons. The lowest BCUT2D eigenvalue weighted by atomic mass is 9.78. The second-order valence-corrected chi connectivity index (χ2v) is 33.6. The van der Waals surface area contributed by atoms with Crippen molar-refractivity contribution in [1.29, 1.82) is 0 Å². The van der Waals surface area contributed by atoms with Crippen LogP contribution in [0.4, 0.5) is 4.79 Å². The van der Waals surface area contributed by atoms with Crippen LogP contribution in [-0.2, 0) is 10.2 Å². The highest BCUT2D eigenvalue weighted by atomic mass is 16.7. The van der Waals surface area contributed by atoms with Gasteiger partial charge in [-0.25, -0.2) is 49.7 Å². The predicted molar refractivity (Wildman–Crippen MR) is 552 cm³/mol. The molecule has 4 N–H and O–H groups in total. The summed E-state index contributed by atoms with van der Waals surface area (Å²) in [6.07, 6.45) is -0.889. The number of aliphatic hydroxyl groups excluding tert-OH is 1. The van der Waals surface area contributed by atoms with Gasteiger partial charge in [-0.3, -0.25) is 0 Å². The average molecular weight is 1850 g/mol. The van der Waals surface area contributed by atoms with Crippen molar-refractivity contribution >= 4 is 6.16 Å². The Labute approximate surface area is 815 Å². The number of phenolic OH excluding ortho intramolecular Hbond substituents is 3. The quantitative estimate of drug-likeness (QED) is 0.0185. The number of benzene rings is 17. The first-order valence-electron chi connectivity index (χ1n) is 46.1. The van der Waals surface area contributed by atoms with Gasteiger partial charge in [-0.05, 0) is 139 Å². The number of rotatable bonds is 30. The lowest BCUT2D eigenvalue weighted by Crippen LogP contribution is -2.19. The third kappa shape index (κ3) is 22.4. The van der Waals surface area contributed by atoms with Crippen molar-refractivity contribution in [3.8, 4) is 215 Å². The van der Waals surface area contributed by atoms with Crippen molar-refractivity contribution in [2.75, 3.05) is 39.6 Å². The Balaban J connectivity index is 0.000000256. The van der Waals surface area contributed by atoms with Crippen LogP contribution in [0.1, 0.15) is 25.0 Å². The lowest BCUT2D eigenvalue weighted by molar-refractivity contribution is 0.0847. The molecule has 20 nitrogen and oxygen atoms in total. The third-order valence-corrected chi connectivity index (χ3v) is 23.9. The van der Waals surface area contributed by atoms with Gasteiger partial charge in [0.1, 0.15) is 79.0 Å². The van der Waals surface area contributed by atoms with E-state index in [9.17, 15) is 20.1 Å². The van der Waals surface area contributed by atoms with Crippen LogP contribution in [0.5, 0.6) is 46.0 Å². The number of nitrogens with zero attached hydrogens (tertiary/aromatic N) is 9. The van der Waals surface area contributed by atoms with E-state index in [2.05, 4.69) is 111 Å². The van der Waals surface area contributed by atoms with Gasteiger partial charge in [0.05, 0.1) is 23.3 Å². The Morgan fingerprint density at radius 1 is 0.220 bits per heavy atom. The Morgan fingerprint density at radius 3 is 0.660 bits per heavy atom. The van der Waals surface area contributed by atoms with E-state index in [-0.39, 0.29) is 62.7 Å². The van der Waals surface area contributed by atoms with E-state index in [0.29, 0.717) is 92.0 Å². The minimum Gasteiger partial charge on any atom is -0.507 e. The lowest BCUT2D eigenvalue weighted by Gasteiger charge is -2.26. The van der Waals surface area contributed by atoms with Gasteiger partial charge >= 0.3 is 6.16 Å². The van der Waals surface area contributed by atoms with Gasteiger partial charge in [0, 0.05) is 57.0 Å². The molecule has 0 bridgehead atoms. The molecule has 0 spiro atoms. The maximum atomic E-state index is 12.9. The summed E-state index contributed by atoms with van der Waals surface area (Å²) in [6.45, 7) is 4.59. The van der Waals surface area contributed by atoms with Gasteiger partial charge in [0.2, 0.25) is 0 Å². The van der Waals surface area contributed by atoms with Crippen molar-refractivity contribution in [1.82, 2.24) is 44.9 Å². The summed E-state index contributed by atoms with van der Waals surface area (Å²) >= 11 is 0. The summed E-state index contributed by atoms with van der Waals surface area (Å²) in [7, 11) is 0. The third-order valence-electron chi connectivity index (χ3n) is 23.9. The summed E-state index contributed by atoms with van der Waals surface area (Å²) in [5.41, 5.74) is 20.8. The second-order valence-electron chi connectivity index (χ2n) is 33.6. The SMILES string of the molecule is CC(C)(c1ccc(OCCOc2ccc(-c3nc(-c4ccc(-c5ccccc5)cc4)nc(-c4ccc(-c5ccccc5)cc4)n3)c(O)c2)cc1)c1ccc(OC(=O)OCCOc2ccc(-c3nc(-c4ccc(-c5ccccc5)cc4)nc(-c4ccc(-c5ccccc5)cc4)n3)c(O)c2)cc1.OCCOc1ccc(-c2nc(-c3ccc(-c4ccccc4)cc3)nc(-c3ccc(-c4ccccc4)cc3)n2)c(O)c1. The van der Waals surface area contributed by atoms with Crippen LogP contribution in [-0.4, -0.2) is 111 Å². The smallest absolute Gasteiger partial charge is 0.507 e. The van der Waals surface area contributed by atoms with E-state index < -0.39 is 11.6 Å². The highest BCUT2D eigenvalue weighted by molar-refractivity contribution is 5.80. The molecule has 20 heteroatoms. The fraction of sp³-hybridized carbons (Fsp3) is 0.0744. The number of phenols is 3. The summed E-state index contributed by atoms with van der Waals surface area (Å²) in [5, 5.41) is 42.8. The van der Waals surface area contributed by atoms with Crippen LogP contribution in [0.2, 0.25) is 0 Å². The molecule has 17 aromatic carbocycles. The minimum atomic E-state index is -0.889. The molecule has 688 valence electrons. The van der Waals surface area contributed by atoms with Crippen LogP contribution in [0.25, 0.3) is 169 Å². The first-order valence-corrected chi connectivity index (χ1v) is 46.1. The van der Waals surface area contributed by atoms with Crippen LogP contribution in [0.3, 0.4) is 0 Å². The maximum absolute atomic E-state index is 12.9. The zero-order chi connectivity index (χ0) is 96.2. The average Bonchev–Trinajstić information content (AvgIpc) is 0.794. The summed E-state index contributed by atoms with van der Waals surface area (Å²) in [4.78, 5) is 56.5. The van der Waals surface area contributed by atoms with Crippen molar-refractivity contribution in [3.05, 3.63) is 442 Å². The highest BCUT2D eigenvalue weighted by Crippen LogP contribution is 2.41. The van der Waals surface area contributed by atoms with Crippen molar-refractivity contribution < 1.29 is 53.6 Å². The van der Waals surface area contributed by atoms with Gasteiger partial charge in [0.15, 0.2) is 52.4 Å². The molecule has 0 unspecified atom stereocenters. The monoisotopic (exact) mass is 1850 g/mol. The van der Waals surface area contributed by atoms with Crippen molar-refractivity contribution in [2.24, 2.45) is 0 Å². The molecule has 0 saturated carbocycles. The van der Waals surface area contributed by atoms with Crippen molar-refractivity contribution in [2.45, 2.75) is 19.3 Å². The number of hydrogen-bond acceptors (Lipinski definition) is 20. The molecule has 3 heterocycles. The molecule has 20 aromatic rings. The van der Waals surface area contributed by atoms with E-state index in [1.165, 1.54) is 12.1 Å². The Bertz CT molecular complexity index is 7360. The van der Waals surface area contributed by atoms with Crippen molar-refractivity contribution in [3.63, 3.8) is 0 Å². The zero-order valence-corrected chi connectivity index (χ0v) is 76.9. The van der Waals surface area contributed by atoms with E-state index >= 15 is 0 Å². The van der Waals surface area contributed by atoms with E-state index in [0.717, 1.165) is 111 Å². The minimum absolute atomic E-state index is 0.00946.